The molecule has 4 heteroatoms. The van der Waals surface area contributed by atoms with Crippen LogP contribution in [0.4, 0.5) is 5.69 Å². The lowest BCUT2D eigenvalue weighted by Crippen LogP contribution is -2.27. The Morgan fingerprint density at radius 3 is 2.38 bits per heavy atom. The highest BCUT2D eigenvalue weighted by atomic mass is 32.2. The number of carbonyl (C=O) groups is 2. The molecule has 0 radical (unpaired) electrons. The van der Waals surface area contributed by atoms with Gasteiger partial charge in [0.25, 0.3) is 0 Å². The molecule has 2 aromatic rings. The van der Waals surface area contributed by atoms with E-state index in [9.17, 15) is 9.59 Å². The Morgan fingerprint density at radius 2 is 1.69 bits per heavy atom. The quantitative estimate of drug-likeness (QED) is 0.588. The van der Waals surface area contributed by atoms with Crippen molar-refractivity contribution in [1.29, 1.82) is 0 Å². The minimum atomic E-state index is -0.443. The molecular weight excluding hydrogens is 342 g/mol. The third kappa shape index (κ3) is 4.55. The maximum absolute atomic E-state index is 12.4. The first-order valence-corrected chi connectivity index (χ1v) is 10.0. The molecule has 1 N–H and O–H groups in total. The third-order valence-corrected chi connectivity index (χ3v) is 5.58. The Morgan fingerprint density at radius 1 is 1.00 bits per heavy atom. The average molecular weight is 368 g/mol. The highest BCUT2D eigenvalue weighted by Gasteiger charge is 2.21. The molecule has 3 rings (SSSR count). The summed E-state index contributed by atoms with van der Waals surface area (Å²) in [5.74, 6) is 0.486. The minimum Gasteiger partial charge on any atom is -0.326 e. The number of anilines is 1. The fraction of sp³-hybridized carbons (Fsp3) is 0.364. The van der Waals surface area contributed by atoms with Gasteiger partial charge in [0, 0.05) is 21.6 Å². The average Bonchev–Trinajstić information content (AvgIpc) is 3.07. The first-order chi connectivity index (χ1) is 12.3. The maximum atomic E-state index is 12.4. The Kier molecular flexibility index (Phi) is 5.52. The molecule has 1 aliphatic carbocycles. The Bertz CT molecular complexity index is 819. The van der Waals surface area contributed by atoms with Crippen molar-refractivity contribution in [2.75, 3.05) is 11.1 Å². The Hall–Kier alpha value is -2.07. The van der Waals surface area contributed by atoms with Gasteiger partial charge in [0.1, 0.15) is 0 Å². The number of thioether (sulfide) groups is 1. The van der Waals surface area contributed by atoms with Gasteiger partial charge in [0.15, 0.2) is 5.78 Å². The second kappa shape index (κ2) is 7.67. The fourth-order valence-electron chi connectivity index (χ4n) is 2.93. The summed E-state index contributed by atoms with van der Waals surface area (Å²) in [6.45, 7) is 5.61. The zero-order chi connectivity index (χ0) is 18.7. The van der Waals surface area contributed by atoms with E-state index in [-0.39, 0.29) is 11.7 Å². The van der Waals surface area contributed by atoms with Crippen LogP contribution in [-0.4, -0.2) is 17.4 Å². The van der Waals surface area contributed by atoms with Crippen molar-refractivity contribution in [3.8, 4) is 0 Å². The summed E-state index contributed by atoms with van der Waals surface area (Å²) < 4.78 is 0. The van der Waals surface area contributed by atoms with Crippen LogP contribution in [0.2, 0.25) is 0 Å². The van der Waals surface area contributed by atoms with E-state index in [1.807, 2.05) is 20.8 Å². The second-order valence-corrected chi connectivity index (χ2v) is 8.83. The molecule has 2 aromatic carbocycles. The number of Topliss-reactive ketones (excluding diaryl/α,β-unsaturated/α-hetero) is 1. The van der Waals surface area contributed by atoms with E-state index in [2.05, 4.69) is 23.5 Å². The van der Waals surface area contributed by atoms with Crippen LogP contribution in [0.1, 0.15) is 48.7 Å². The molecule has 0 saturated heterocycles. The van der Waals surface area contributed by atoms with Gasteiger partial charge in [-0.05, 0) is 66.8 Å². The first kappa shape index (κ1) is 18.7. The van der Waals surface area contributed by atoms with Crippen LogP contribution in [0.25, 0.3) is 0 Å². The number of hydrogen-bond acceptors (Lipinski definition) is 3. The highest BCUT2D eigenvalue weighted by molar-refractivity contribution is 8.00. The summed E-state index contributed by atoms with van der Waals surface area (Å²) in [6.07, 6.45) is 3.57. The number of fused-ring (bicyclic) bond motifs is 1. The predicted molar refractivity (Wildman–Crippen MR) is 108 cm³/mol. The van der Waals surface area contributed by atoms with Gasteiger partial charge in [-0.25, -0.2) is 0 Å². The Balaban J connectivity index is 1.57. The molecule has 26 heavy (non-hydrogen) atoms. The SMILES string of the molecule is CC(C)(C)C(=O)Nc1ccc(C(=O)CSc2ccc3c(c2)CCC3)cc1. The van der Waals surface area contributed by atoms with Gasteiger partial charge < -0.3 is 5.32 Å². The highest BCUT2D eigenvalue weighted by Crippen LogP contribution is 2.28. The molecule has 0 fully saturated rings. The van der Waals surface area contributed by atoms with Gasteiger partial charge in [-0.1, -0.05) is 26.8 Å². The number of rotatable bonds is 5. The maximum Gasteiger partial charge on any atom is 0.229 e. The molecule has 136 valence electrons. The lowest BCUT2D eigenvalue weighted by Gasteiger charge is -2.17. The lowest BCUT2D eigenvalue weighted by molar-refractivity contribution is -0.123. The summed E-state index contributed by atoms with van der Waals surface area (Å²) in [6, 6.07) is 13.7. The van der Waals surface area contributed by atoms with Crippen molar-refractivity contribution in [3.63, 3.8) is 0 Å². The standard InChI is InChI=1S/C22H25NO2S/c1-22(2,3)21(25)23-18-10-7-16(8-11-18)20(24)14-26-19-12-9-15-5-4-6-17(15)13-19/h7-13H,4-6,14H2,1-3H3,(H,23,25). The zero-order valence-corrected chi connectivity index (χ0v) is 16.4. The molecule has 0 unspecified atom stereocenters. The van der Waals surface area contributed by atoms with E-state index in [4.69, 9.17) is 0 Å². The Labute approximate surface area is 159 Å². The molecular formula is C22H25NO2S. The predicted octanol–water partition coefficient (Wildman–Crippen LogP) is 5.13. The van der Waals surface area contributed by atoms with Crippen molar-refractivity contribution in [2.24, 2.45) is 5.41 Å². The van der Waals surface area contributed by atoms with Crippen LogP contribution in [0.15, 0.2) is 47.4 Å². The second-order valence-electron chi connectivity index (χ2n) is 7.78. The molecule has 0 saturated carbocycles. The van der Waals surface area contributed by atoms with Crippen molar-refractivity contribution < 1.29 is 9.59 Å². The van der Waals surface area contributed by atoms with Gasteiger partial charge in [-0.3, -0.25) is 9.59 Å². The van der Waals surface area contributed by atoms with Crippen LogP contribution in [0, 0.1) is 5.41 Å². The van der Waals surface area contributed by atoms with Crippen molar-refractivity contribution in [3.05, 3.63) is 59.2 Å². The van der Waals surface area contributed by atoms with Crippen LogP contribution in [0.5, 0.6) is 0 Å². The topological polar surface area (TPSA) is 46.2 Å². The number of amides is 1. The normalized spacial score (nSPS) is 13.3. The van der Waals surface area contributed by atoms with Crippen LogP contribution in [0.3, 0.4) is 0 Å². The molecule has 0 aromatic heterocycles. The van der Waals surface area contributed by atoms with Crippen LogP contribution in [-0.2, 0) is 17.6 Å². The minimum absolute atomic E-state index is 0.0382. The van der Waals surface area contributed by atoms with E-state index >= 15 is 0 Å². The largest absolute Gasteiger partial charge is 0.326 e. The molecule has 0 heterocycles. The smallest absolute Gasteiger partial charge is 0.229 e. The molecule has 0 spiro atoms. The summed E-state index contributed by atoms with van der Waals surface area (Å²) in [7, 11) is 0. The first-order valence-electron chi connectivity index (χ1n) is 9.02. The van der Waals surface area contributed by atoms with Crippen molar-refractivity contribution >= 4 is 29.1 Å². The van der Waals surface area contributed by atoms with E-state index in [0.29, 0.717) is 17.0 Å². The van der Waals surface area contributed by atoms with E-state index in [0.717, 1.165) is 11.3 Å². The molecule has 1 amide bonds. The van der Waals surface area contributed by atoms with Gasteiger partial charge in [-0.15, -0.1) is 11.8 Å². The van der Waals surface area contributed by atoms with E-state index < -0.39 is 5.41 Å². The number of benzene rings is 2. The fourth-order valence-corrected chi connectivity index (χ4v) is 3.78. The summed E-state index contributed by atoms with van der Waals surface area (Å²) in [5.41, 5.74) is 3.83. The number of aryl methyl sites for hydroxylation is 2. The van der Waals surface area contributed by atoms with E-state index in [1.165, 1.54) is 24.0 Å². The molecule has 3 nitrogen and oxygen atoms in total. The van der Waals surface area contributed by atoms with Crippen LogP contribution >= 0.6 is 11.8 Å². The van der Waals surface area contributed by atoms with Crippen molar-refractivity contribution in [1.82, 2.24) is 0 Å². The number of hydrogen-bond donors (Lipinski definition) is 1. The van der Waals surface area contributed by atoms with Gasteiger partial charge in [0.2, 0.25) is 5.91 Å². The van der Waals surface area contributed by atoms with Gasteiger partial charge in [0.05, 0.1) is 5.75 Å². The molecule has 0 atom stereocenters. The van der Waals surface area contributed by atoms with E-state index in [1.54, 1.807) is 36.0 Å². The van der Waals surface area contributed by atoms with Gasteiger partial charge >= 0.3 is 0 Å². The van der Waals surface area contributed by atoms with Crippen molar-refractivity contribution in [2.45, 2.75) is 44.9 Å². The number of nitrogens with one attached hydrogen (secondary N) is 1. The summed E-state index contributed by atoms with van der Waals surface area (Å²) in [5, 5.41) is 2.87. The lowest BCUT2D eigenvalue weighted by atomic mass is 9.95. The van der Waals surface area contributed by atoms with Crippen LogP contribution < -0.4 is 5.32 Å². The number of ketones is 1. The molecule has 0 aliphatic heterocycles. The molecule has 1 aliphatic rings. The monoisotopic (exact) mass is 367 g/mol. The summed E-state index contributed by atoms with van der Waals surface area (Å²) >= 11 is 1.59. The number of carbonyl (C=O) groups excluding carboxylic acids is 2. The van der Waals surface area contributed by atoms with Gasteiger partial charge in [-0.2, -0.15) is 0 Å². The summed E-state index contributed by atoms with van der Waals surface area (Å²) in [4.78, 5) is 25.6. The third-order valence-electron chi connectivity index (χ3n) is 4.59. The molecule has 0 bridgehead atoms. The zero-order valence-electron chi connectivity index (χ0n) is 15.6.